The number of ether oxygens (including phenoxy) is 2. The monoisotopic (exact) mass is 399 g/mol. The lowest BCUT2D eigenvalue weighted by Gasteiger charge is -2.11. The van der Waals surface area contributed by atoms with Gasteiger partial charge in [-0.15, -0.1) is 0 Å². The van der Waals surface area contributed by atoms with Gasteiger partial charge in [0, 0.05) is 6.42 Å². The van der Waals surface area contributed by atoms with Crippen LogP contribution in [0.1, 0.15) is 23.1 Å². The van der Waals surface area contributed by atoms with Crippen molar-refractivity contribution in [3.8, 4) is 11.5 Å². The van der Waals surface area contributed by atoms with Crippen LogP contribution in [0, 0.1) is 13.8 Å². The smallest absolute Gasteiger partial charge is 0.263 e. The van der Waals surface area contributed by atoms with Crippen LogP contribution in [0.5, 0.6) is 11.5 Å². The quantitative estimate of drug-likeness (QED) is 0.418. The highest BCUT2D eigenvalue weighted by molar-refractivity contribution is 8.26. The molecule has 27 heavy (non-hydrogen) atoms. The molecule has 0 aliphatic carbocycles. The topological polar surface area (TPSA) is 47.6 Å². The van der Waals surface area contributed by atoms with E-state index in [2.05, 4.69) is 25.2 Å². The largest absolute Gasteiger partial charge is 0.493 e. The van der Waals surface area contributed by atoms with E-state index in [1.54, 1.807) is 0 Å². The van der Waals surface area contributed by atoms with E-state index in [1.807, 2.05) is 42.5 Å². The zero-order chi connectivity index (χ0) is 19.2. The lowest BCUT2D eigenvalue weighted by atomic mass is 10.1. The molecule has 0 aromatic heterocycles. The van der Waals surface area contributed by atoms with Gasteiger partial charge in [-0.05, 0) is 54.8 Å². The van der Waals surface area contributed by atoms with Crippen molar-refractivity contribution in [2.24, 2.45) is 0 Å². The van der Waals surface area contributed by atoms with Crippen LogP contribution in [0.15, 0.2) is 47.4 Å². The van der Waals surface area contributed by atoms with Crippen molar-refractivity contribution in [3.63, 3.8) is 0 Å². The highest BCUT2D eigenvalue weighted by Crippen LogP contribution is 2.26. The minimum absolute atomic E-state index is 0.144. The SMILES string of the molecule is Cc1cccc(OCCCOc2ccc(/C=C3/SC(=S)NC3=O)cc2)c1C. The van der Waals surface area contributed by atoms with Crippen molar-refractivity contribution >= 4 is 40.3 Å². The fraction of sp³-hybridized carbons (Fsp3) is 0.238. The average Bonchev–Trinajstić information content (AvgIpc) is 2.96. The molecule has 1 fully saturated rings. The number of carbonyl (C=O) groups excluding carboxylic acids is 1. The average molecular weight is 400 g/mol. The summed E-state index contributed by atoms with van der Waals surface area (Å²) in [6.07, 6.45) is 2.62. The lowest BCUT2D eigenvalue weighted by Crippen LogP contribution is -2.17. The highest BCUT2D eigenvalue weighted by atomic mass is 32.2. The van der Waals surface area contributed by atoms with E-state index in [9.17, 15) is 4.79 Å². The maximum atomic E-state index is 11.7. The van der Waals surface area contributed by atoms with Crippen LogP contribution in [-0.4, -0.2) is 23.4 Å². The Morgan fingerprint density at radius 3 is 2.52 bits per heavy atom. The lowest BCUT2D eigenvalue weighted by molar-refractivity contribution is -0.115. The first kappa shape index (κ1) is 19.5. The van der Waals surface area contributed by atoms with E-state index >= 15 is 0 Å². The van der Waals surface area contributed by atoms with Crippen LogP contribution in [0.4, 0.5) is 0 Å². The molecule has 4 nitrogen and oxygen atoms in total. The third-order valence-electron chi connectivity index (χ3n) is 4.19. The second-order valence-corrected chi connectivity index (χ2v) is 7.89. The van der Waals surface area contributed by atoms with E-state index in [-0.39, 0.29) is 5.91 Å². The summed E-state index contributed by atoms with van der Waals surface area (Å²) in [7, 11) is 0. The molecule has 1 amide bonds. The number of thioether (sulfide) groups is 1. The second-order valence-electron chi connectivity index (χ2n) is 6.17. The summed E-state index contributed by atoms with van der Waals surface area (Å²) >= 11 is 6.26. The molecule has 1 aliphatic rings. The molecule has 0 bridgehead atoms. The summed E-state index contributed by atoms with van der Waals surface area (Å²) < 4.78 is 12.1. The summed E-state index contributed by atoms with van der Waals surface area (Å²) in [5, 5.41) is 2.61. The van der Waals surface area contributed by atoms with Gasteiger partial charge in [-0.25, -0.2) is 0 Å². The molecule has 0 saturated carbocycles. The van der Waals surface area contributed by atoms with Crippen LogP contribution in [0.25, 0.3) is 6.08 Å². The van der Waals surface area contributed by atoms with Gasteiger partial charge in [0.25, 0.3) is 5.91 Å². The third-order valence-corrected chi connectivity index (χ3v) is 5.35. The van der Waals surface area contributed by atoms with Crippen molar-refractivity contribution in [3.05, 3.63) is 64.1 Å². The zero-order valence-corrected chi connectivity index (χ0v) is 16.9. The van der Waals surface area contributed by atoms with Crippen molar-refractivity contribution in [1.29, 1.82) is 0 Å². The van der Waals surface area contributed by atoms with Crippen LogP contribution < -0.4 is 14.8 Å². The summed E-state index contributed by atoms with van der Waals surface area (Å²) in [6.45, 7) is 5.34. The number of benzene rings is 2. The summed E-state index contributed by atoms with van der Waals surface area (Å²) in [6, 6.07) is 13.7. The van der Waals surface area contributed by atoms with Gasteiger partial charge in [-0.3, -0.25) is 4.79 Å². The number of amides is 1. The molecule has 6 heteroatoms. The molecule has 140 valence electrons. The van der Waals surface area contributed by atoms with Gasteiger partial charge >= 0.3 is 0 Å². The molecular formula is C21H21NO3S2. The van der Waals surface area contributed by atoms with Gasteiger partial charge in [-0.1, -0.05) is 48.2 Å². The number of hydrogen-bond acceptors (Lipinski definition) is 5. The number of aryl methyl sites for hydroxylation is 1. The first-order valence-corrected chi connectivity index (χ1v) is 9.92. The van der Waals surface area contributed by atoms with Crippen molar-refractivity contribution < 1.29 is 14.3 Å². The van der Waals surface area contributed by atoms with Crippen LogP contribution in [-0.2, 0) is 4.79 Å². The Labute approximate surface area is 168 Å². The van der Waals surface area contributed by atoms with Crippen molar-refractivity contribution in [2.75, 3.05) is 13.2 Å². The molecule has 0 radical (unpaired) electrons. The number of nitrogens with one attached hydrogen (secondary N) is 1. The Kier molecular flexibility index (Phi) is 6.53. The predicted molar refractivity (Wildman–Crippen MR) is 114 cm³/mol. The van der Waals surface area contributed by atoms with E-state index in [0.29, 0.717) is 22.4 Å². The Balaban J connectivity index is 1.44. The van der Waals surface area contributed by atoms with Crippen molar-refractivity contribution in [1.82, 2.24) is 5.32 Å². The number of hydrogen-bond donors (Lipinski definition) is 1. The van der Waals surface area contributed by atoms with Gasteiger partial charge in [0.15, 0.2) is 0 Å². The van der Waals surface area contributed by atoms with Gasteiger partial charge in [0.05, 0.1) is 18.1 Å². The molecule has 1 aliphatic heterocycles. The predicted octanol–water partition coefficient (Wildman–Crippen LogP) is 4.64. The van der Waals surface area contributed by atoms with Crippen LogP contribution in [0.3, 0.4) is 0 Å². The van der Waals surface area contributed by atoms with E-state index in [0.717, 1.165) is 23.5 Å². The maximum absolute atomic E-state index is 11.7. The molecule has 2 aromatic carbocycles. The molecule has 1 saturated heterocycles. The molecule has 2 aromatic rings. The first-order valence-electron chi connectivity index (χ1n) is 8.69. The molecule has 0 spiro atoms. The Morgan fingerprint density at radius 2 is 1.81 bits per heavy atom. The fourth-order valence-electron chi connectivity index (χ4n) is 2.54. The number of thiocarbonyl (C=S) groups is 1. The van der Waals surface area contributed by atoms with Crippen molar-refractivity contribution in [2.45, 2.75) is 20.3 Å². The van der Waals surface area contributed by atoms with Gasteiger partial charge < -0.3 is 14.8 Å². The Bertz CT molecular complexity index is 875. The molecule has 1 N–H and O–H groups in total. The fourth-order valence-corrected chi connectivity index (χ4v) is 3.59. The minimum Gasteiger partial charge on any atom is -0.493 e. The minimum atomic E-state index is -0.144. The van der Waals surface area contributed by atoms with Crippen LogP contribution >= 0.6 is 24.0 Å². The summed E-state index contributed by atoms with van der Waals surface area (Å²) in [4.78, 5) is 12.3. The second kappa shape index (κ2) is 9.06. The van der Waals surface area contributed by atoms with E-state index < -0.39 is 0 Å². The molecule has 1 heterocycles. The molecular weight excluding hydrogens is 378 g/mol. The molecule has 0 unspecified atom stereocenters. The standard InChI is InChI=1S/C21H21NO3S2/c1-14-5-3-6-18(15(14)2)25-12-4-11-24-17-9-7-16(8-10-17)13-19-20(23)22-21(26)27-19/h3,5-10,13H,4,11-12H2,1-2H3,(H,22,23,26)/b19-13+. The third kappa shape index (κ3) is 5.34. The Morgan fingerprint density at radius 1 is 1.07 bits per heavy atom. The van der Waals surface area contributed by atoms with Crippen LogP contribution in [0.2, 0.25) is 0 Å². The zero-order valence-electron chi connectivity index (χ0n) is 15.3. The van der Waals surface area contributed by atoms with Gasteiger partial charge in [-0.2, -0.15) is 0 Å². The van der Waals surface area contributed by atoms with Gasteiger partial charge in [0.1, 0.15) is 15.8 Å². The van der Waals surface area contributed by atoms with Gasteiger partial charge in [0.2, 0.25) is 0 Å². The Hall–Kier alpha value is -2.31. The number of carbonyl (C=O) groups is 1. The maximum Gasteiger partial charge on any atom is 0.263 e. The summed E-state index contributed by atoms with van der Waals surface area (Å²) in [5.41, 5.74) is 3.34. The molecule has 0 atom stereocenters. The van der Waals surface area contributed by atoms with E-state index in [1.165, 1.54) is 22.9 Å². The molecule has 3 rings (SSSR count). The van der Waals surface area contributed by atoms with E-state index in [4.69, 9.17) is 21.7 Å². The first-order chi connectivity index (χ1) is 13.0. The number of rotatable bonds is 7. The summed E-state index contributed by atoms with van der Waals surface area (Å²) in [5.74, 6) is 1.58. The highest BCUT2D eigenvalue weighted by Gasteiger charge is 2.21. The normalized spacial score (nSPS) is 15.1.